The lowest BCUT2D eigenvalue weighted by molar-refractivity contribution is -0.115. The molecule has 0 radical (unpaired) electrons. The Hall–Kier alpha value is -0.890. The van der Waals surface area contributed by atoms with E-state index in [4.69, 9.17) is 5.11 Å². The molecule has 0 saturated heterocycles. The minimum Gasteiger partial charge on any atom is -0.389 e. The van der Waals surface area contributed by atoms with Gasteiger partial charge in [-0.15, -0.1) is 6.58 Å². The number of carbonyl (C=O) groups excluding carboxylic acids is 1. The molecule has 9 heavy (non-hydrogen) atoms. The highest BCUT2D eigenvalue weighted by molar-refractivity contribution is 5.89. The van der Waals surface area contributed by atoms with E-state index >= 15 is 0 Å². The van der Waals surface area contributed by atoms with E-state index in [0.717, 1.165) is 0 Å². The van der Waals surface area contributed by atoms with Crippen molar-refractivity contribution in [3.8, 4) is 0 Å². The van der Waals surface area contributed by atoms with Crippen LogP contribution in [0.5, 0.6) is 0 Å². The molecule has 50 valence electrons. The monoisotopic (exact) mass is 126 g/mol. The zero-order chi connectivity index (χ0) is 7.28. The van der Waals surface area contributed by atoms with Crippen LogP contribution in [0, 0.1) is 0 Å². The Morgan fingerprint density at radius 2 is 2.22 bits per heavy atom. The van der Waals surface area contributed by atoms with Crippen molar-refractivity contribution in [2.75, 3.05) is 0 Å². The van der Waals surface area contributed by atoms with E-state index in [1.165, 1.54) is 12.2 Å². The average molecular weight is 126 g/mol. The summed E-state index contributed by atoms with van der Waals surface area (Å²) < 4.78 is 0. The topological polar surface area (TPSA) is 37.3 Å². The largest absolute Gasteiger partial charge is 0.389 e. The first-order valence-corrected chi connectivity index (χ1v) is 2.66. The SMILES string of the molecule is C=CC(=O)CC(O)C=C. The fraction of sp³-hybridized carbons (Fsp3) is 0.286. The number of rotatable bonds is 4. The standard InChI is InChI=1S/C7H10O2/c1-3-6(8)5-7(9)4-2/h3-4,6,8H,1-2,5H2. The first-order valence-electron chi connectivity index (χ1n) is 2.66. The van der Waals surface area contributed by atoms with Gasteiger partial charge in [-0.2, -0.15) is 0 Å². The Kier molecular flexibility index (Phi) is 3.64. The van der Waals surface area contributed by atoms with E-state index in [9.17, 15) is 4.79 Å². The molecule has 0 heterocycles. The fourth-order valence-corrected chi connectivity index (χ4v) is 0.373. The summed E-state index contributed by atoms with van der Waals surface area (Å²) in [5.41, 5.74) is 0. The number of aliphatic hydroxyl groups excluding tert-OH is 1. The number of aliphatic hydroxyl groups is 1. The maximum Gasteiger partial charge on any atom is 0.158 e. The lowest BCUT2D eigenvalue weighted by atomic mass is 10.2. The summed E-state index contributed by atoms with van der Waals surface area (Å²) in [7, 11) is 0. The van der Waals surface area contributed by atoms with Gasteiger partial charge in [-0.25, -0.2) is 0 Å². The normalized spacial score (nSPS) is 12.1. The molecule has 1 unspecified atom stereocenters. The Balaban J connectivity index is 3.58. The summed E-state index contributed by atoms with van der Waals surface area (Å²) >= 11 is 0. The van der Waals surface area contributed by atoms with Gasteiger partial charge in [0, 0.05) is 6.42 Å². The second-order valence-corrected chi connectivity index (χ2v) is 1.68. The molecular formula is C7H10O2. The van der Waals surface area contributed by atoms with Crippen molar-refractivity contribution < 1.29 is 9.90 Å². The maximum atomic E-state index is 10.5. The highest BCUT2D eigenvalue weighted by Gasteiger charge is 2.01. The van der Waals surface area contributed by atoms with Gasteiger partial charge in [-0.05, 0) is 6.08 Å². The smallest absolute Gasteiger partial charge is 0.158 e. The highest BCUT2D eigenvalue weighted by atomic mass is 16.3. The summed E-state index contributed by atoms with van der Waals surface area (Å²) in [4.78, 5) is 10.5. The molecule has 0 aliphatic heterocycles. The van der Waals surface area contributed by atoms with Gasteiger partial charge >= 0.3 is 0 Å². The van der Waals surface area contributed by atoms with Crippen LogP contribution < -0.4 is 0 Å². The first-order chi connectivity index (χ1) is 4.20. The number of ketones is 1. The summed E-state index contributed by atoms with van der Waals surface area (Å²) in [6.07, 6.45) is 1.87. The van der Waals surface area contributed by atoms with Gasteiger partial charge in [0.1, 0.15) is 0 Å². The molecule has 0 fully saturated rings. The Labute approximate surface area is 54.5 Å². The Bertz CT molecular complexity index is 127. The molecule has 0 saturated carbocycles. The molecule has 0 aliphatic rings. The molecule has 0 spiro atoms. The molecule has 0 amide bonds. The molecule has 0 aromatic carbocycles. The van der Waals surface area contributed by atoms with Crippen LogP contribution >= 0.6 is 0 Å². The van der Waals surface area contributed by atoms with E-state index in [1.54, 1.807) is 0 Å². The van der Waals surface area contributed by atoms with Crippen LogP contribution in [0.2, 0.25) is 0 Å². The lowest BCUT2D eigenvalue weighted by Gasteiger charge is -1.98. The van der Waals surface area contributed by atoms with Crippen molar-refractivity contribution in [3.63, 3.8) is 0 Å². The Morgan fingerprint density at radius 3 is 2.56 bits per heavy atom. The molecule has 1 N–H and O–H groups in total. The minimum atomic E-state index is -0.726. The molecule has 0 rings (SSSR count). The second-order valence-electron chi connectivity index (χ2n) is 1.68. The van der Waals surface area contributed by atoms with E-state index in [0.29, 0.717) is 0 Å². The average Bonchev–Trinajstić information content (AvgIpc) is 1.87. The number of allylic oxidation sites excluding steroid dienone is 1. The van der Waals surface area contributed by atoms with Crippen LogP contribution in [0.1, 0.15) is 6.42 Å². The number of hydrogen-bond donors (Lipinski definition) is 1. The third-order valence-corrected chi connectivity index (χ3v) is 0.910. The van der Waals surface area contributed by atoms with Gasteiger partial charge in [0.05, 0.1) is 6.10 Å². The zero-order valence-corrected chi connectivity index (χ0v) is 5.21. The third-order valence-electron chi connectivity index (χ3n) is 0.910. The summed E-state index contributed by atoms with van der Waals surface area (Å²) in [5, 5.41) is 8.77. The van der Waals surface area contributed by atoms with Gasteiger partial charge < -0.3 is 5.11 Å². The van der Waals surface area contributed by atoms with Crippen molar-refractivity contribution in [1.29, 1.82) is 0 Å². The summed E-state index contributed by atoms with van der Waals surface area (Å²) in [5.74, 6) is -0.164. The van der Waals surface area contributed by atoms with Crippen LogP contribution in [0.3, 0.4) is 0 Å². The molecule has 2 nitrogen and oxygen atoms in total. The molecular weight excluding hydrogens is 116 g/mol. The van der Waals surface area contributed by atoms with Gasteiger partial charge in [0.25, 0.3) is 0 Å². The summed E-state index contributed by atoms with van der Waals surface area (Å²) in [6.45, 7) is 6.56. The predicted molar refractivity (Wildman–Crippen MR) is 36.0 cm³/mol. The van der Waals surface area contributed by atoms with E-state index in [2.05, 4.69) is 13.2 Å². The van der Waals surface area contributed by atoms with Crippen molar-refractivity contribution in [2.24, 2.45) is 0 Å². The van der Waals surface area contributed by atoms with Gasteiger partial charge in [-0.1, -0.05) is 12.7 Å². The van der Waals surface area contributed by atoms with Gasteiger partial charge in [0.2, 0.25) is 0 Å². The van der Waals surface area contributed by atoms with Crippen molar-refractivity contribution >= 4 is 5.78 Å². The van der Waals surface area contributed by atoms with Gasteiger partial charge in [0.15, 0.2) is 5.78 Å². The molecule has 1 atom stereocenters. The maximum absolute atomic E-state index is 10.5. The number of hydrogen-bond acceptors (Lipinski definition) is 2. The van der Waals surface area contributed by atoms with Crippen LogP contribution in [-0.4, -0.2) is 17.0 Å². The first kappa shape index (κ1) is 8.11. The Morgan fingerprint density at radius 1 is 1.67 bits per heavy atom. The molecule has 0 aliphatic carbocycles. The second kappa shape index (κ2) is 4.04. The van der Waals surface area contributed by atoms with Gasteiger partial charge in [-0.3, -0.25) is 4.79 Å². The van der Waals surface area contributed by atoms with Crippen LogP contribution in [0.4, 0.5) is 0 Å². The van der Waals surface area contributed by atoms with Crippen molar-refractivity contribution in [3.05, 3.63) is 25.3 Å². The zero-order valence-electron chi connectivity index (χ0n) is 5.21. The fourth-order valence-electron chi connectivity index (χ4n) is 0.373. The molecule has 0 aromatic rings. The molecule has 0 bridgehead atoms. The van der Waals surface area contributed by atoms with Crippen LogP contribution in [0.25, 0.3) is 0 Å². The predicted octanol–water partition coefficient (Wildman–Crippen LogP) is 0.678. The highest BCUT2D eigenvalue weighted by Crippen LogP contribution is 1.93. The number of carbonyl (C=O) groups is 1. The van der Waals surface area contributed by atoms with Crippen LogP contribution in [-0.2, 0) is 4.79 Å². The van der Waals surface area contributed by atoms with E-state index in [-0.39, 0.29) is 12.2 Å². The van der Waals surface area contributed by atoms with Crippen LogP contribution in [0.15, 0.2) is 25.3 Å². The summed E-state index contributed by atoms with van der Waals surface area (Å²) in [6, 6.07) is 0. The lowest BCUT2D eigenvalue weighted by Crippen LogP contribution is -2.07. The van der Waals surface area contributed by atoms with E-state index < -0.39 is 6.10 Å². The minimum absolute atomic E-state index is 0.0903. The third kappa shape index (κ3) is 3.67. The molecule has 2 heteroatoms. The quantitative estimate of drug-likeness (QED) is 0.444. The van der Waals surface area contributed by atoms with E-state index in [1.807, 2.05) is 0 Å². The van der Waals surface area contributed by atoms with Crippen molar-refractivity contribution in [1.82, 2.24) is 0 Å². The van der Waals surface area contributed by atoms with Crippen molar-refractivity contribution in [2.45, 2.75) is 12.5 Å². The molecule has 0 aromatic heterocycles.